The average molecular weight is 251 g/mol. The number of aliphatic hydroxyl groups is 2. The molecule has 0 saturated heterocycles. The second kappa shape index (κ2) is 6.59. The summed E-state index contributed by atoms with van der Waals surface area (Å²) in [5.74, 6) is -0.0817. The fourth-order valence-electron chi connectivity index (χ4n) is 1.22. The molecule has 2 atom stereocenters. The molecule has 1 aromatic carbocycles. The van der Waals surface area contributed by atoms with Crippen LogP contribution in [0.15, 0.2) is 24.3 Å². The zero-order valence-electron chi connectivity index (χ0n) is 9.74. The van der Waals surface area contributed by atoms with E-state index >= 15 is 0 Å². The molecule has 6 heteroatoms. The lowest BCUT2D eigenvalue weighted by molar-refractivity contribution is -0.142. The number of esters is 1. The number of aliphatic hydroxyl groups excluding tert-OH is 2. The topological polar surface area (TPSA) is 99.8 Å². The van der Waals surface area contributed by atoms with Gasteiger partial charge in [0.25, 0.3) is 0 Å². The number of nitrogens with zero attached hydrogens (tertiary/aromatic N) is 1. The van der Waals surface area contributed by atoms with E-state index in [0.717, 1.165) is 0 Å². The van der Waals surface area contributed by atoms with Crippen LogP contribution in [0, 0.1) is 11.3 Å². The maximum atomic E-state index is 10.8. The zero-order chi connectivity index (χ0) is 13.5. The molecule has 0 spiro atoms. The van der Waals surface area contributed by atoms with E-state index in [0.29, 0.717) is 11.3 Å². The van der Waals surface area contributed by atoms with Gasteiger partial charge in [0.05, 0.1) is 13.2 Å². The number of carbonyl (C=O) groups is 1. The molecule has 0 amide bonds. The fourth-order valence-corrected chi connectivity index (χ4v) is 1.22. The second-order valence-electron chi connectivity index (χ2n) is 3.45. The third-order valence-corrected chi connectivity index (χ3v) is 2.24. The molecule has 96 valence electrons. The molecule has 18 heavy (non-hydrogen) atoms. The molecule has 0 aliphatic carbocycles. The highest BCUT2D eigenvalue weighted by Gasteiger charge is 2.17. The van der Waals surface area contributed by atoms with Crippen molar-refractivity contribution in [2.24, 2.45) is 0 Å². The van der Waals surface area contributed by atoms with E-state index in [2.05, 4.69) is 4.74 Å². The molecule has 1 rings (SSSR count). The maximum Gasteiger partial charge on any atom is 0.343 e. The van der Waals surface area contributed by atoms with Crippen LogP contribution in [0.25, 0.3) is 0 Å². The van der Waals surface area contributed by atoms with Crippen molar-refractivity contribution in [1.82, 2.24) is 0 Å². The van der Waals surface area contributed by atoms with Gasteiger partial charge in [0, 0.05) is 0 Å². The number of nitriles is 1. The normalized spacial score (nSPS) is 13.2. The Kier molecular flexibility index (Phi) is 5.11. The molecule has 1 aromatic rings. The summed E-state index contributed by atoms with van der Waals surface area (Å²) >= 11 is 0. The Bertz CT molecular complexity index is 437. The predicted molar refractivity (Wildman–Crippen MR) is 60.5 cm³/mol. The van der Waals surface area contributed by atoms with Crippen molar-refractivity contribution in [3.63, 3.8) is 0 Å². The van der Waals surface area contributed by atoms with E-state index in [-0.39, 0.29) is 6.61 Å². The van der Waals surface area contributed by atoms with Crippen molar-refractivity contribution in [3.8, 4) is 11.8 Å². The van der Waals surface area contributed by atoms with Gasteiger partial charge in [-0.3, -0.25) is 0 Å². The van der Waals surface area contributed by atoms with Gasteiger partial charge < -0.3 is 19.7 Å². The van der Waals surface area contributed by atoms with E-state index in [1.807, 2.05) is 0 Å². The lowest BCUT2D eigenvalue weighted by Gasteiger charge is -2.12. The molecule has 6 nitrogen and oxygen atoms in total. The van der Waals surface area contributed by atoms with Gasteiger partial charge in [0.15, 0.2) is 12.7 Å². The van der Waals surface area contributed by atoms with Crippen LogP contribution < -0.4 is 4.74 Å². The first-order valence-corrected chi connectivity index (χ1v) is 5.13. The number of rotatable bonds is 5. The van der Waals surface area contributed by atoms with Gasteiger partial charge in [-0.05, 0) is 17.7 Å². The maximum absolute atomic E-state index is 10.8. The minimum Gasteiger partial charge on any atom is -0.482 e. The van der Waals surface area contributed by atoms with Gasteiger partial charge in [0.1, 0.15) is 11.9 Å². The largest absolute Gasteiger partial charge is 0.482 e. The van der Waals surface area contributed by atoms with E-state index in [1.54, 1.807) is 0 Å². The van der Waals surface area contributed by atoms with Crippen LogP contribution in [-0.4, -0.2) is 36.0 Å². The Morgan fingerprint density at radius 3 is 2.50 bits per heavy atom. The van der Waals surface area contributed by atoms with Crippen LogP contribution in [0.1, 0.15) is 11.7 Å². The van der Waals surface area contributed by atoms with Gasteiger partial charge in [-0.1, -0.05) is 12.1 Å². The lowest BCUT2D eigenvalue weighted by atomic mass is 10.1. The highest BCUT2D eigenvalue weighted by molar-refractivity contribution is 5.70. The summed E-state index contributed by atoms with van der Waals surface area (Å²) in [6, 6.07) is 7.57. The van der Waals surface area contributed by atoms with Crippen molar-refractivity contribution < 1.29 is 24.5 Å². The molecule has 0 bridgehead atoms. The molecule has 0 heterocycles. The van der Waals surface area contributed by atoms with Crippen LogP contribution >= 0.6 is 0 Å². The van der Waals surface area contributed by atoms with Gasteiger partial charge in [-0.15, -0.1) is 0 Å². The molecule has 2 unspecified atom stereocenters. The molecule has 0 radical (unpaired) electrons. The van der Waals surface area contributed by atoms with E-state index < -0.39 is 18.2 Å². The minimum absolute atomic E-state index is 0.209. The van der Waals surface area contributed by atoms with Crippen molar-refractivity contribution >= 4 is 5.97 Å². The van der Waals surface area contributed by atoms with Crippen LogP contribution in [0.4, 0.5) is 0 Å². The number of ether oxygens (including phenoxy) is 2. The van der Waals surface area contributed by atoms with Crippen LogP contribution in [-0.2, 0) is 9.53 Å². The van der Waals surface area contributed by atoms with Crippen LogP contribution in [0.3, 0.4) is 0 Å². The zero-order valence-corrected chi connectivity index (χ0v) is 9.74. The Morgan fingerprint density at radius 2 is 2.00 bits per heavy atom. The number of hydrogen-bond acceptors (Lipinski definition) is 6. The summed E-state index contributed by atoms with van der Waals surface area (Å²) in [5.41, 5.74) is 0.384. The van der Waals surface area contributed by atoms with Crippen molar-refractivity contribution in [3.05, 3.63) is 29.8 Å². The summed E-state index contributed by atoms with van der Waals surface area (Å²) in [7, 11) is 1.26. The second-order valence-corrected chi connectivity index (χ2v) is 3.45. The highest BCUT2D eigenvalue weighted by Crippen LogP contribution is 2.20. The lowest BCUT2D eigenvalue weighted by Crippen LogP contribution is -2.16. The summed E-state index contributed by atoms with van der Waals surface area (Å²) in [6.07, 6.45) is -2.75. The molecule has 0 aliphatic rings. The van der Waals surface area contributed by atoms with E-state index in [9.17, 15) is 9.90 Å². The molecule has 2 N–H and O–H groups in total. The summed E-state index contributed by atoms with van der Waals surface area (Å²) in [5, 5.41) is 27.2. The summed E-state index contributed by atoms with van der Waals surface area (Å²) < 4.78 is 9.50. The average Bonchev–Trinajstić information content (AvgIpc) is 2.43. The quantitative estimate of drug-likeness (QED) is 0.571. The monoisotopic (exact) mass is 251 g/mol. The number of carbonyl (C=O) groups excluding carboxylic acids is 1. The van der Waals surface area contributed by atoms with Gasteiger partial charge in [0.2, 0.25) is 0 Å². The molecule has 0 saturated carbocycles. The van der Waals surface area contributed by atoms with Crippen LogP contribution in [0.5, 0.6) is 5.75 Å². The van der Waals surface area contributed by atoms with E-state index in [4.69, 9.17) is 15.1 Å². The predicted octanol–water partition coefficient (Wildman–Crippen LogP) is 0.156. The van der Waals surface area contributed by atoms with Gasteiger partial charge in [-0.2, -0.15) is 5.26 Å². The highest BCUT2D eigenvalue weighted by atomic mass is 16.6. The molecule has 0 aromatic heterocycles. The number of methoxy groups -OCH3 is 1. The minimum atomic E-state index is -1.48. The first-order chi connectivity index (χ1) is 8.58. The smallest absolute Gasteiger partial charge is 0.343 e. The first kappa shape index (κ1) is 14.0. The number of hydrogen-bond donors (Lipinski definition) is 2. The summed E-state index contributed by atoms with van der Waals surface area (Å²) in [6.45, 7) is -0.209. The van der Waals surface area contributed by atoms with E-state index in [1.165, 1.54) is 37.4 Å². The van der Waals surface area contributed by atoms with Crippen LogP contribution in [0.2, 0.25) is 0 Å². The van der Waals surface area contributed by atoms with Gasteiger partial charge in [-0.25, -0.2) is 4.79 Å². The molecule has 0 fully saturated rings. The fraction of sp³-hybridized carbons (Fsp3) is 0.333. The molecule has 0 aliphatic heterocycles. The Morgan fingerprint density at radius 1 is 1.39 bits per heavy atom. The Labute approximate surface area is 104 Å². The molecular weight excluding hydrogens is 238 g/mol. The third kappa shape index (κ3) is 3.73. The molecular formula is C12H13NO5. The number of benzene rings is 1. The van der Waals surface area contributed by atoms with Gasteiger partial charge >= 0.3 is 5.97 Å². The third-order valence-electron chi connectivity index (χ3n) is 2.24. The van der Waals surface area contributed by atoms with Crippen molar-refractivity contribution in [1.29, 1.82) is 5.26 Å². The Hall–Kier alpha value is -2.10. The van der Waals surface area contributed by atoms with Crippen molar-refractivity contribution in [2.75, 3.05) is 13.7 Å². The standard InChI is InChI=1S/C12H13NO5/c1-17-11(15)7-18-9-4-2-8(3-5-9)12(16)10(14)6-13/h2-5,10,12,14,16H,7H2,1H3. The SMILES string of the molecule is COC(=O)COc1ccc(C(O)C(O)C#N)cc1. The van der Waals surface area contributed by atoms with Crippen molar-refractivity contribution in [2.45, 2.75) is 12.2 Å². The Balaban J connectivity index is 2.63. The summed E-state index contributed by atoms with van der Waals surface area (Å²) in [4.78, 5) is 10.8. The first-order valence-electron chi connectivity index (χ1n) is 5.13.